The minimum Gasteiger partial charge on any atom is -0.465 e. The number of carbonyl (C=O) groups is 1. The molecular formula is C14H9F3N4O4. The lowest BCUT2D eigenvalue weighted by molar-refractivity contribution is 0.0600. The van der Waals surface area contributed by atoms with Crippen molar-refractivity contribution in [3.05, 3.63) is 61.7 Å². The molecule has 0 saturated carbocycles. The topological polar surface area (TPSA) is 120 Å². The van der Waals surface area contributed by atoms with Crippen LogP contribution in [0.15, 0.2) is 27.8 Å². The van der Waals surface area contributed by atoms with Gasteiger partial charge < -0.3 is 10.6 Å². The highest BCUT2D eigenvalue weighted by Crippen LogP contribution is 2.19. The van der Waals surface area contributed by atoms with E-state index in [9.17, 15) is 27.6 Å². The van der Waals surface area contributed by atoms with Gasteiger partial charge >= 0.3 is 11.7 Å². The lowest BCUT2D eigenvalue weighted by atomic mass is 10.1. The molecule has 2 rings (SSSR count). The summed E-state index contributed by atoms with van der Waals surface area (Å²) >= 11 is 0. The third-order valence-electron chi connectivity index (χ3n) is 3.24. The van der Waals surface area contributed by atoms with Crippen LogP contribution in [0, 0.1) is 17.1 Å². The number of nitrogens with two attached hydrogens (primary N) is 1. The molecule has 0 aliphatic rings. The number of ether oxygens (including phenoxy) is 1. The van der Waals surface area contributed by atoms with Crippen LogP contribution in [0.1, 0.15) is 28.0 Å². The quantitative estimate of drug-likeness (QED) is 0.631. The Hall–Kier alpha value is -3.55. The second-order valence-corrected chi connectivity index (χ2v) is 4.65. The molecule has 0 atom stereocenters. The van der Waals surface area contributed by atoms with Crippen LogP contribution in [0.5, 0.6) is 0 Å². The van der Waals surface area contributed by atoms with E-state index in [1.165, 1.54) is 0 Å². The number of halogens is 3. The van der Waals surface area contributed by atoms with Crippen molar-refractivity contribution >= 4 is 5.97 Å². The second-order valence-electron chi connectivity index (χ2n) is 4.65. The molecule has 130 valence electrons. The smallest absolute Gasteiger partial charge is 0.354 e. The maximum Gasteiger partial charge on any atom is 0.354 e. The molecule has 0 bridgehead atoms. The summed E-state index contributed by atoms with van der Waals surface area (Å²) in [6.07, 6.45) is -3.21. The van der Waals surface area contributed by atoms with Crippen LogP contribution < -0.4 is 17.1 Å². The lowest BCUT2D eigenvalue weighted by Crippen LogP contribution is -2.43. The first-order chi connectivity index (χ1) is 11.7. The molecular weight excluding hydrogens is 345 g/mol. The largest absolute Gasteiger partial charge is 0.465 e. The van der Waals surface area contributed by atoms with Crippen LogP contribution >= 0.6 is 0 Å². The van der Waals surface area contributed by atoms with Gasteiger partial charge in [-0.25, -0.2) is 32.0 Å². The molecule has 0 spiro atoms. The third-order valence-corrected chi connectivity index (χ3v) is 3.24. The Morgan fingerprint density at radius 1 is 1.32 bits per heavy atom. The maximum absolute atomic E-state index is 14.2. The van der Waals surface area contributed by atoms with E-state index in [1.807, 2.05) is 0 Å². The van der Waals surface area contributed by atoms with Gasteiger partial charge in [0, 0.05) is 6.07 Å². The molecule has 0 fully saturated rings. The highest BCUT2D eigenvalue weighted by molar-refractivity contribution is 5.92. The average molecular weight is 354 g/mol. The van der Waals surface area contributed by atoms with Crippen molar-refractivity contribution in [2.45, 2.75) is 6.43 Å². The minimum absolute atomic E-state index is 0.0124. The van der Waals surface area contributed by atoms with E-state index in [0.29, 0.717) is 12.1 Å². The number of hydrogen-bond donors (Lipinski definition) is 1. The number of rotatable bonds is 3. The first kappa shape index (κ1) is 17.8. The fourth-order valence-corrected chi connectivity index (χ4v) is 2.07. The van der Waals surface area contributed by atoms with Gasteiger partial charge in [-0.05, 0) is 12.1 Å². The maximum atomic E-state index is 14.2. The number of benzene rings is 1. The fraction of sp³-hybridized carbons (Fsp3) is 0.143. The van der Waals surface area contributed by atoms with Gasteiger partial charge in [0.1, 0.15) is 17.6 Å². The van der Waals surface area contributed by atoms with Crippen molar-refractivity contribution in [1.82, 2.24) is 9.24 Å². The average Bonchev–Trinajstić information content (AvgIpc) is 2.58. The predicted octanol–water partition coefficient (Wildman–Crippen LogP) is 0.448. The Kier molecular flexibility index (Phi) is 4.64. The number of aromatic nitrogens is 2. The van der Waals surface area contributed by atoms with Crippen LogP contribution in [0.3, 0.4) is 0 Å². The number of alkyl halides is 2. The normalized spacial score (nSPS) is 10.6. The van der Waals surface area contributed by atoms with Gasteiger partial charge in [0.15, 0.2) is 0 Å². The van der Waals surface area contributed by atoms with Gasteiger partial charge in [0.2, 0.25) is 0 Å². The summed E-state index contributed by atoms with van der Waals surface area (Å²) in [5.74, 6) is 2.98. The van der Waals surface area contributed by atoms with Gasteiger partial charge in [-0.1, -0.05) is 0 Å². The van der Waals surface area contributed by atoms with Gasteiger partial charge in [0.05, 0.1) is 23.9 Å². The van der Waals surface area contributed by atoms with Gasteiger partial charge in [-0.3, -0.25) is 4.79 Å². The monoisotopic (exact) mass is 354 g/mol. The third kappa shape index (κ3) is 2.97. The summed E-state index contributed by atoms with van der Waals surface area (Å²) in [4.78, 5) is 35.8. The second kappa shape index (κ2) is 6.52. The van der Waals surface area contributed by atoms with E-state index in [1.54, 1.807) is 6.07 Å². The Balaban J connectivity index is 2.87. The number of hydrogen-bond acceptors (Lipinski definition) is 6. The first-order valence-corrected chi connectivity index (χ1v) is 6.47. The molecule has 0 radical (unpaired) electrons. The highest BCUT2D eigenvalue weighted by Gasteiger charge is 2.22. The molecule has 25 heavy (non-hydrogen) atoms. The van der Waals surface area contributed by atoms with Crippen LogP contribution in [0.4, 0.5) is 13.2 Å². The minimum atomic E-state index is -3.21. The van der Waals surface area contributed by atoms with Crippen molar-refractivity contribution < 1.29 is 22.7 Å². The first-order valence-electron chi connectivity index (χ1n) is 6.47. The van der Waals surface area contributed by atoms with Crippen molar-refractivity contribution in [2.24, 2.45) is 0 Å². The van der Waals surface area contributed by atoms with Crippen molar-refractivity contribution in [3.63, 3.8) is 0 Å². The molecule has 0 aliphatic carbocycles. The summed E-state index contributed by atoms with van der Waals surface area (Å²) in [6, 6.07) is 3.26. The molecule has 0 amide bonds. The summed E-state index contributed by atoms with van der Waals surface area (Å²) in [7, 11) is 1.00. The fourth-order valence-electron chi connectivity index (χ4n) is 2.07. The van der Waals surface area contributed by atoms with E-state index in [-0.39, 0.29) is 9.24 Å². The van der Waals surface area contributed by atoms with Gasteiger partial charge in [-0.15, -0.1) is 0 Å². The molecule has 2 N–H and O–H groups in total. The number of nitrogens with zero attached hydrogens (tertiary/aromatic N) is 3. The van der Waals surface area contributed by atoms with Crippen LogP contribution in [0.2, 0.25) is 0 Å². The Labute approximate surface area is 137 Å². The molecule has 1 heterocycles. The Morgan fingerprint density at radius 3 is 2.48 bits per heavy atom. The van der Waals surface area contributed by atoms with E-state index < -0.39 is 52.0 Å². The molecule has 0 unspecified atom stereocenters. The molecule has 8 nitrogen and oxygen atoms in total. The van der Waals surface area contributed by atoms with Crippen LogP contribution in [0.25, 0.3) is 5.69 Å². The van der Waals surface area contributed by atoms with E-state index in [0.717, 1.165) is 13.2 Å². The van der Waals surface area contributed by atoms with E-state index in [4.69, 9.17) is 11.1 Å². The highest BCUT2D eigenvalue weighted by atomic mass is 19.3. The number of nitriles is 1. The zero-order valence-corrected chi connectivity index (χ0v) is 12.5. The zero-order valence-electron chi connectivity index (χ0n) is 12.5. The van der Waals surface area contributed by atoms with Crippen LogP contribution in [-0.4, -0.2) is 22.3 Å². The van der Waals surface area contributed by atoms with Gasteiger partial charge in [-0.2, -0.15) is 5.26 Å². The summed E-state index contributed by atoms with van der Waals surface area (Å²) in [5, 5.41) is 8.94. The van der Waals surface area contributed by atoms with Crippen molar-refractivity contribution in [2.75, 3.05) is 13.0 Å². The summed E-state index contributed by atoms with van der Waals surface area (Å²) in [6.45, 7) is 0. The number of nitrogen functional groups attached to an aromatic ring is 1. The molecule has 2 aromatic rings. The number of carbonyl (C=O) groups excluding carboxylic acids is 1. The standard InChI is InChI=1S/C14H9F3N4O4/c1-25-13(23)7-3-9(8(15)2-6(7)5-18)20-11(22)4-10(12(16)17)21(19)14(20)24/h2-4,12H,19H2,1H3. The molecule has 0 saturated heterocycles. The Bertz CT molecular complexity index is 1020. The van der Waals surface area contributed by atoms with Crippen molar-refractivity contribution in [1.29, 1.82) is 5.26 Å². The van der Waals surface area contributed by atoms with Crippen molar-refractivity contribution in [3.8, 4) is 11.8 Å². The molecule has 1 aromatic heterocycles. The summed E-state index contributed by atoms with van der Waals surface area (Å²) < 4.78 is 44.3. The lowest BCUT2D eigenvalue weighted by Gasteiger charge is -2.12. The molecule has 11 heteroatoms. The van der Waals surface area contributed by atoms with E-state index >= 15 is 0 Å². The molecule has 0 aliphatic heterocycles. The zero-order chi connectivity index (χ0) is 18.9. The number of esters is 1. The number of methoxy groups -OCH3 is 1. The van der Waals surface area contributed by atoms with Gasteiger partial charge in [0.25, 0.3) is 12.0 Å². The Morgan fingerprint density at radius 2 is 1.96 bits per heavy atom. The molecule has 1 aromatic carbocycles. The van der Waals surface area contributed by atoms with Crippen LogP contribution in [-0.2, 0) is 4.74 Å². The van der Waals surface area contributed by atoms with E-state index in [2.05, 4.69) is 4.74 Å². The SMILES string of the molecule is COC(=O)c1cc(-n2c(=O)cc(C(F)F)n(N)c2=O)c(F)cc1C#N. The summed E-state index contributed by atoms with van der Waals surface area (Å²) in [5.41, 5.74) is -5.38. The predicted molar refractivity (Wildman–Crippen MR) is 77.4 cm³/mol.